The largest absolute Gasteiger partial charge is 0.431 e. The first kappa shape index (κ1) is 10.9. The van der Waals surface area contributed by atoms with E-state index >= 15 is 0 Å². The van der Waals surface area contributed by atoms with Gasteiger partial charge in [-0.1, -0.05) is 19.1 Å². The standard InChI is InChI=1S/C10H10F3O/c1-2-4-7-5-3-6-8(11)9(7)14-10(12)13/h3,5-6,10H,1-2,4H2. The van der Waals surface area contributed by atoms with Crippen LogP contribution < -0.4 is 4.74 Å². The highest BCUT2D eigenvalue weighted by molar-refractivity contribution is 5.35. The van der Waals surface area contributed by atoms with Crippen LogP contribution in [0.2, 0.25) is 0 Å². The van der Waals surface area contributed by atoms with Gasteiger partial charge in [-0.05, 0) is 24.5 Å². The number of rotatable bonds is 4. The summed E-state index contributed by atoms with van der Waals surface area (Å²) in [6.45, 7) is 0.561. The average Bonchev–Trinajstić information content (AvgIpc) is 2.11. The Hall–Kier alpha value is -1.19. The zero-order valence-corrected chi connectivity index (χ0v) is 7.47. The summed E-state index contributed by atoms with van der Waals surface area (Å²) < 4.78 is 41.0. The van der Waals surface area contributed by atoms with E-state index in [0.717, 1.165) is 6.07 Å². The molecule has 0 aliphatic rings. The Bertz CT molecular complexity index is 299. The van der Waals surface area contributed by atoms with Crippen LogP contribution in [0.1, 0.15) is 12.0 Å². The van der Waals surface area contributed by atoms with Crippen molar-refractivity contribution < 1.29 is 17.9 Å². The van der Waals surface area contributed by atoms with Gasteiger partial charge in [-0.3, -0.25) is 0 Å². The highest BCUT2D eigenvalue weighted by Gasteiger charge is 2.13. The number of para-hydroxylation sites is 1. The van der Waals surface area contributed by atoms with Crippen molar-refractivity contribution in [3.05, 3.63) is 36.5 Å². The molecule has 14 heavy (non-hydrogen) atoms. The summed E-state index contributed by atoms with van der Waals surface area (Å²) in [5, 5.41) is 0. The molecule has 0 unspecified atom stereocenters. The van der Waals surface area contributed by atoms with E-state index < -0.39 is 12.4 Å². The highest BCUT2D eigenvalue weighted by Crippen LogP contribution is 2.25. The summed E-state index contributed by atoms with van der Waals surface area (Å²) in [7, 11) is 0. The van der Waals surface area contributed by atoms with Crippen LogP contribution in [0.5, 0.6) is 5.75 Å². The van der Waals surface area contributed by atoms with E-state index in [1.165, 1.54) is 6.07 Å². The lowest BCUT2D eigenvalue weighted by molar-refractivity contribution is -0.0528. The summed E-state index contributed by atoms with van der Waals surface area (Å²) in [4.78, 5) is 0. The van der Waals surface area contributed by atoms with E-state index in [0.29, 0.717) is 18.4 Å². The number of halogens is 3. The Kier molecular flexibility index (Phi) is 3.80. The number of benzene rings is 1. The monoisotopic (exact) mass is 203 g/mol. The molecule has 0 amide bonds. The van der Waals surface area contributed by atoms with Crippen LogP contribution in [0, 0.1) is 12.7 Å². The van der Waals surface area contributed by atoms with Crippen LogP contribution in [-0.2, 0) is 6.42 Å². The van der Waals surface area contributed by atoms with Crippen molar-refractivity contribution in [2.75, 3.05) is 0 Å². The van der Waals surface area contributed by atoms with Gasteiger partial charge in [-0.25, -0.2) is 4.39 Å². The van der Waals surface area contributed by atoms with Crippen molar-refractivity contribution in [2.45, 2.75) is 19.5 Å². The molecule has 0 N–H and O–H groups in total. The predicted octanol–water partition coefficient (Wildman–Crippen LogP) is 3.19. The maximum atomic E-state index is 13.1. The minimum Gasteiger partial charge on any atom is -0.431 e. The van der Waals surface area contributed by atoms with Crippen molar-refractivity contribution in [3.8, 4) is 5.75 Å². The average molecular weight is 203 g/mol. The predicted molar refractivity (Wildman–Crippen MR) is 46.7 cm³/mol. The molecule has 0 spiro atoms. The van der Waals surface area contributed by atoms with Gasteiger partial charge in [-0.15, -0.1) is 0 Å². The Morgan fingerprint density at radius 3 is 2.64 bits per heavy atom. The van der Waals surface area contributed by atoms with Crippen LogP contribution in [0.3, 0.4) is 0 Å². The van der Waals surface area contributed by atoms with Gasteiger partial charge in [0.1, 0.15) is 0 Å². The van der Waals surface area contributed by atoms with Crippen LogP contribution in [0.4, 0.5) is 13.2 Å². The first-order valence-corrected chi connectivity index (χ1v) is 4.16. The number of ether oxygens (including phenoxy) is 1. The van der Waals surface area contributed by atoms with Gasteiger partial charge in [-0.2, -0.15) is 8.78 Å². The van der Waals surface area contributed by atoms with Gasteiger partial charge in [0.05, 0.1) is 0 Å². The molecule has 0 bridgehead atoms. The molecular weight excluding hydrogens is 193 g/mol. The summed E-state index contributed by atoms with van der Waals surface area (Å²) >= 11 is 0. The topological polar surface area (TPSA) is 9.23 Å². The minimum atomic E-state index is -3.00. The Labute approximate surface area is 80.5 Å². The van der Waals surface area contributed by atoms with E-state index in [4.69, 9.17) is 0 Å². The van der Waals surface area contributed by atoms with Crippen LogP contribution in [0.15, 0.2) is 18.2 Å². The molecule has 0 aliphatic carbocycles. The highest BCUT2D eigenvalue weighted by atomic mass is 19.3. The molecule has 1 radical (unpaired) electrons. The van der Waals surface area contributed by atoms with E-state index in [2.05, 4.69) is 11.7 Å². The molecule has 0 aliphatic heterocycles. The van der Waals surface area contributed by atoms with E-state index in [9.17, 15) is 13.2 Å². The summed E-state index contributed by atoms with van der Waals surface area (Å²) in [5.74, 6) is -1.14. The molecular formula is C10H10F3O. The maximum absolute atomic E-state index is 13.1. The maximum Gasteiger partial charge on any atom is 0.387 e. The number of hydrogen-bond donors (Lipinski definition) is 0. The van der Waals surface area contributed by atoms with Crippen molar-refractivity contribution in [1.82, 2.24) is 0 Å². The van der Waals surface area contributed by atoms with Gasteiger partial charge < -0.3 is 4.74 Å². The third kappa shape index (κ3) is 2.65. The second-order valence-corrected chi connectivity index (χ2v) is 2.71. The molecule has 0 fully saturated rings. The normalized spacial score (nSPS) is 10.6. The molecule has 1 rings (SSSR count). The molecule has 0 saturated carbocycles. The molecule has 1 nitrogen and oxygen atoms in total. The zero-order valence-electron chi connectivity index (χ0n) is 7.47. The molecule has 1 aromatic rings. The summed E-state index contributed by atoms with van der Waals surface area (Å²) in [5.41, 5.74) is 0.417. The molecule has 0 saturated heterocycles. The fourth-order valence-corrected chi connectivity index (χ4v) is 1.16. The zero-order chi connectivity index (χ0) is 10.6. The molecule has 77 valence electrons. The lowest BCUT2D eigenvalue weighted by Gasteiger charge is -2.10. The first-order chi connectivity index (χ1) is 6.65. The third-order valence-corrected chi connectivity index (χ3v) is 1.70. The number of aryl methyl sites for hydroxylation is 1. The van der Waals surface area contributed by atoms with E-state index in [-0.39, 0.29) is 5.75 Å². The lowest BCUT2D eigenvalue weighted by Crippen LogP contribution is -2.06. The van der Waals surface area contributed by atoms with Gasteiger partial charge >= 0.3 is 6.61 Å². The number of alkyl halides is 2. The molecule has 1 aromatic carbocycles. The van der Waals surface area contributed by atoms with Crippen molar-refractivity contribution in [3.63, 3.8) is 0 Å². The fourth-order valence-electron chi connectivity index (χ4n) is 1.16. The smallest absolute Gasteiger partial charge is 0.387 e. The van der Waals surface area contributed by atoms with Crippen molar-refractivity contribution in [1.29, 1.82) is 0 Å². The summed E-state index contributed by atoms with van der Waals surface area (Å²) in [6.07, 6.45) is 0.920. The molecule has 0 atom stereocenters. The molecule has 0 aromatic heterocycles. The SMILES string of the molecule is [CH2]CCc1cccc(F)c1OC(F)F. The Balaban J connectivity index is 2.96. The van der Waals surface area contributed by atoms with Crippen LogP contribution >= 0.6 is 0 Å². The van der Waals surface area contributed by atoms with Crippen LogP contribution in [-0.4, -0.2) is 6.61 Å². The Morgan fingerprint density at radius 1 is 1.36 bits per heavy atom. The van der Waals surface area contributed by atoms with Gasteiger partial charge in [0.15, 0.2) is 11.6 Å². The van der Waals surface area contributed by atoms with Gasteiger partial charge in [0.25, 0.3) is 0 Å². The lowest BCUT2D eigenvalue weighted by atomic mass is 10.1. The van der Waals surface area contributed by atoms with E-state index in [1.54, 1.807) is 6.07 Å². The van der Waals surface area contributed by atoms with Crippen molar-refractivity contribution in [2.24, 2.45) is 0 Å². The first-order valence-electron chi connectivity index (χ1n) is 4.16. The third-order valence-electron chi connectivity index (χ3n) is 1.70. The second-order valence-electron chi connectivity index (χ2n) is 2.71. The second kappa shape index (κ2) is 4.88. The minimum absolute atomic E-state index is 0.369. The van der Waals surface area contributed by atoms with Gasteiger partial charge in [0.2, 0.25) is 0 Å². The molecule has 0 heterocycles. The summed E-state index contributed by atoms with van der Waals surface area (Å²) in [6, 6.07) is 4.09. The Morgan fingerprint density at radius 2 is 2.07 bits per heavy atom. The van der Waals surface area contributed by atoms with E-state index in [1.807, 2.05) is 0 Å². The molecule has 4 heteroatoms. The number of hydrogen-bond acceptors (Lipinski definition) is 1. The quantitative estimate of drug-likeness (QED) is 0.730. The fraction of sp³-hybridized carbons (Fsp3) is 0.300. The van der Waals surface area contributed by atoms with Crippen LogP contribution in [0.25, 0.3) is 0 Å². The van der Waals surface area contributed by atoms with Gasteiger partial charge in [0, 0.05) is 0 Å². The van der Waals surface area contributed by atoms with Crippen molar-refractivity contribution >= 4 is 0 Å².